The number of hydrogen-bond acceptors (Lipinski definition) is 3. The molecule has 0 radical (unpaired) electrons. The van der Waals surface area contributed by atoms with Gasteiger partial charge in [-0.05, 0) is 68.5 Å². The van der Waals surface area contributed by atoms with Gasteiger partial charge in [-0.1, -0.05) is 19.4 Å². The van der Waals surface area contributed by atoms with Crippen LogP contribution in [-0.4, -0.2) is 36.1 Å². The number of nitrogens with one attached hydrogen (secondary N) is 3. The molecule has 174 valence electrons. The number of unbranched alkanes of at least 4 members (excludes halogenated alkanes) is 3. The molecule has 6 nitrogen and oxygen atoms in total. The van der Waals surface area contributed by atoms with E-state index in [0.717, 1.165) is 50.0 Å². The van der Waals surface area contributed by atoms with Crippen molar-refractivity contribution in [1.82, 2.24) is 10.3 Å². The van der Waals surface area contributed by atoms with Crippen LogP contribution in [0.15, 0.2) is 30.4 Å². The van der Waals surface area contributed by atoms with Crippen molar-refractivity contribution in [2.75, 3.05) is 18.5 Å². The molecule has 33 heavy (non-hydrogen) atoms. The fourth-order valence-corrected chi connectivity index (χ4v) is 4.27. The number of epoxide rings is 1. The fourth-order valence-electron chi connectivity index (χ4n) is 4.27. The van der Waals surface area contributed by atoms with Gasteiger partial charge < -0.3 is 20.4 Å². The van der Waals surface area contributed by atoms with E-state index < -0.39 is 5.82 Å². The lowest BCUT2D eigenvalue weighted by Crippen LogP contribution is -2.25. The van der Waals surface area contributed by atoms with Gasteiger partial charge in [-0.25, -0.2) is 4.39 Å². The molecule has 0 saturated carbocycles. The number of rotatable bonds is 10. The number of amides is 2. The molecule has 3 N–H and O–H groups in total. The van der Waals surface area contributed by atoms with Gasteiger partial charge >= 0.3 is 0 Å². The molecule has 4 rings (SSSR count). The zero-order valence-corrected chi connectivity index (χ0v) is 19.1. The highest BCUT2D eigenvalue weighted by Gasteiger charge is 2.26. The maximum Gasteiger partial charge on any atom is 0.256 e. The molecular formula is C26H30FN3O3. The number of halogens is 1. The van der Waals surface area contributed by atoms with Gasteiger partial charge in [0.05, 0.1) is 17.7 Å². The quantitative estimate of drug-likeness (QED) is 0.208. The van der Waals surface area contributed by atoms with Gasteiger partial charge in [0.1, 0.15) is 11.9 Å². The number of anilines is 1. The van der Waals surface area contributed by atoms with Gasteiger partial charge in [0, 0.05) is 29.2 Å². The van der Waals surface area contributed by atoms with Gasteiger partial charge in [0.15, 0.2) is 0 Å². The predicted molar refractivity (Wildman–Crippen MR) is 127 cm³/mol. The lowest BCUT2D eigenvalue weighted by atomic mass is 10.0. The van der Waals surface area contributed by atoms with Crippen LogP contribution in [0, 0.1) is 19.7 Å². The van der Waals surface area contributed by atoms with Crippen LogP contribution in [0.4, 0.5) is 10.1 Å². The average Bonchev–Trinajstić information content (AvgIpc) is 3.53. The molecule has 7 heteroatoms. The molecule has 1 atom stereocenters. The minimum Gasteiger partial charge on any atom is -0.368 e. The van der Waals surface area contributed by atoms with Crippen molar-refractivity contribution in [3.63, 3.8) is 0 Å². The van der Waals surface area contributed by atoms with Gasteiger partial charge in [-0.3, -0.25) is 9.59 Å². The van der Waals surface area contributed by atoms with Crippen LogP contribution in [0.1, 0.15) is 65.0 Å². The predicted octanol–water partition coefficient (Wildman–Crippen LogP) is 4.90. The summed E-state index contributed by atoms with van der Waals surface area (Å²) in [7, 11) is 0. The van der Waals surface area contributed by atoms with E-state index in [-0.39, 0.29) is 17.9 Å². The number of benzene rings is 1. The van der Waals surface area contributed by atoms with E-state index >= 15 is 0 Å². The fraction of sp³-hybridized carbons (Fsp3) is 0.385. The van der Waals surface area contributed by atoms with Crippen LogP contribution in [0.2, 0.25) is 0 Å². The number of fused-ring (bicyclic) bond motifs is 1. The third-order valence-corrected chi connectivity index (χ3v) is 6.26. The second kappa shape index (κ2) is 9.75. The molecule has 2 amide bonds. The largest absolute Gasteiger partial charge is 0.368 e. The molecule has 0 spiro atoms. The molecule has 1 unspecified atom stereocenters. The highest BCUT2D eigenvalue weighted by Crippen LogP contribution is 2.34. The summed E-state index contributed by atoms with van der Waals surface area (Å²) < 4.78 is 18.9. The summed E-state index contributed by atoms with van der Waals surface area (Å²) in [6.07, 6.45) is 7.14. The molecule has 1 aromatic carbocycles. The summed E-state index contributed by atoms with van der Waals surface area (Å²) in [6.45, 7) is 9.17. The number of aromatic nitrogens is 1. The summed E-state index contributed by atoms with van der Waals surface area (Å²) in [4.78, 5) is 28.4. The zero-order chi connectivity index (χ0) is 23.5. The Kier molecular flexibility index (Phi) is 6.79. The smallest absolute Gasteiger partial charge is 0.256 e. The van der Waals surface area contributed by atoms with Crippen LogP contribution < -0.4 is 10.6 Å². The van der Waals surface area contributed by atoms with E-state index in [1.165, 1.54) is 17.7 Å². The Hall–Kier alpha value is -3.19. The third kappa shape index (κ3) is 5.25. The molecule has 2 aliphatic heterocycles. The Morgan fingerprint density at radius 1 is 1.27 bits per heavy atom. The van der Waals surface area contributed by atoms with Crippen molar-refractivity contribution >= 4 is 29.2 Å². The van der Waals surface area contributed by atoms with Crippen molar-refractivity contribution in [2.24, 2.45) is 0 Å². The number of carbonyl (C=O) groups is 2. The SMILES string of the molecule is C=C(CCCCCCNC(=O)c1c(C)[nH]c(/C=C2\C(=O)Nc3ccc(F)cc32)c1C)C1CO1. The van der Waals surface area contributed by atoms with E-state index in [1.54, 1.807) is 12.1 Å². The van der Waals surface area contributed by atoms with Crippen LogP contribution in [-0.2, 0) is 9.53 Å². The van der Waals surface area contributed by atoms with E-state index in [2.05, 4.69) is 22.2 Å². The molecule has 1 aromatic heterocycles. The Balaban J connectivity index is 1.33. The lowest BCUT2D eigenvalue weighted by molar-refractivity contribution is -0.110. The molecule has 2 aromatic rings. The van der Waals surface area contributed by atoms with Crippen LogP contribution in [0.3, 0.4) is 0 Å². The molecule has 3 heterocycles. The maximum atomic E-state index is 13.7. The minimum atomic E-state index is -0.405. The molecule has 2 aliphatic rings. The Morgan fingerprint density at radius 3 is 2.79 bits per heavy atom. The maximum absolute atomic E-state index is 13.7. The first-order valence-corrected chi connectivity index (χ1v) is 11.4. The first-order chi connectivity index (χ1) is 15.8. The van der Waals surface area contributed by atoms with E-state index in [4.69, 9.17) is 4.74 Å². The van der Waals surface area contributed by atoms with Crippen molar-refractivity contribution in [3.8, 4) is 0 Å². The van der Waals surface area contributed by atoms with Crippen LogP contribution in [0.5, 0.6) is 0 Å². The van der Waals surface area contributed by atoms with E-state index in [9.17, 15) is 14.0 Å². The Morgan fingerprint density at radius 2 is 2.03 bits per heavy atom. The Labute approximate surface area is 193 Å². The topological polar surface area (TPSA) is 86.5 Å². The summed E-state index contributed by atoms with van der Waals surface area (Å²) in [5, 5.41) is 5.75. The minimum absolute atomic E-state index is 0.132. The highest BCUT2D eigenvalue weighted by molar-refractivity contribution is 6.34. The molecular weight excluding hydrogens is 421 g/mol. The summed E-state index contributed by atoms with van der Waals surface area (Å²) in [5.41, 5.74) is 5.40. The van der Waals surface area contributed by atoms with Crippen molar-refractivity contribution in [1.29, 1.82) is 0 Å². The zero-order valence-electron chi connectivity index (χ0n) is 19.1. The third-order valence-electron chi connectivity index (χ3n) is 6.26. The number of hydrogen-bond donors (Lipinski definition) is 3. The number of carbonyl (C=O) groups excluding carboxylic acids is 2. The first-order valence-electron chi connectivity index (χ1n) is 11.4. The van der Waals surface area contributed by atoms with Gasteiger partial charge in [-0.15, -0.1) is 0 Å². The number of H-pyrrole nitrogens is 1. The van der Waals surface area contributed by atoms with Gasteiger partial charge in [0.25, 0.3) is 11.8 Å². The first kappa shape index (κ1) is 23.0. The second-order valence-corrected chi connectivity index (χ2v) is 8.77. The van der Waals surface area contributed by atoms with E-state index in [1.807, 2.05) is 13.8 Å². The number of aromatic amines is 1. The monoisotopic (exact) mass is 451 g/mol. The Bertz CT molecular complexity index is 1130. The molecule has 1 saturated heterocycles. The normalized spacial score (nSPS) is 17.7. The van der Waals surface area contributed by atoms with Crippen molar-refractivity contribution < 1.29 is 18.7 Å². The standard InChI is InChI=1S/C26H30FN3O3/c1-15(23-14-33-23)8-6-4-5-7-11-28-26(32)24-16(2)22(29-17(24)3)13-20-19-12-18(27)9-10-21(19)30-25(20)31/h9-10,12-13,23,29H,1,4-8,11,14H2,2-3H3,(H,28,32)(H,30,31)/b20-13-. The summed E-state index contributed by atoms with van der Waals surface area (Å²) in [5.74, 6) is -0.827. The molecule has 0 bridgehead atoms. The van der Waals surface area contributed by atoms with Gasteiger partial charge in [-0.2, -0.15) is 0 Å². The second-order valence-electron chi connectivity index (χ2n) is 8.77. The van der Waals surface area contributed by atoms with Gasteiger partial charge in [0.2, 0.25) is 0 Å². The van der Waals surface area contributed by atoms with Crippen molar-refractivity contribution in [3.05, 3.63) is 64.2 Å². The van der Waals surface area contributed by atoms with E-state index in [0.29, 0.717) is 34.6 Å². The lowest BCUT2D eigenvalue weighted by Gasteiger charge is -2.07. The van der Waals surface area contributed by atoms with Crippen LogP contribution >= 0.6 is 0 Å². The average molecular weight is 452 g/mol. The number of aryl methyl sites for hydroxylation is 1. The number of ether oxygens (including phenoxy) is 1. The van der Waals surface area contributed by atoms with Crippen LogP contribution in [0.25, 0.3) is 11.6 Å². The summed E-state index contributed by atoms with van der Waals surface area (Å²) >= 11 is 0. The summed E-state index contributed by atoms with van der Waals surface area (Å²) in [6, 6.07) is 4.20. The molecule has 1 fully saturated rings. The van der Waals surface area contributed by atoms with Crippen molar-refractivity contribution in [2.45, 2.75) is 52.1 Å². The highest BCUT2D eigenvalue weighted by atomic mass is 19.1. The molecule has 0 aliphatic carbocycles.